The molecule has 4 rings (SSSR count). The minimum absolute atomic E-state index is 0.00948. The Kier molecular flexibility index (Phi) is 4.72. The molecule has 0 unspecified atom stereocenters. The number of likely N-dealkylation sites (tertiary alicyclic amines) is 2. The number of nitrogens with zero attached hydrogens (tertiary/aromatic N) is 5. The van der Waals surface area contributed by atoms with Crippen LogP contribution in [0.4, 0.5) is 0 Å². The van der Waals surface area contributed by atoms with E-state index in [9.17, 15) is 9.59 Å². The standard InChI is InChI=1S/C18H27N5O2/c24-17-6-5-14(11-23(17)16-3-1-2-4-16)18(25)21-9-7-15(8-10-21)22-12-19-20-13-22/h12-16H,1-11H2/t14-/m0/s1. The highest BCUT2D eigenvalue weighted by atomic mass is 16.2. The normalized spacial score (nSPS) is 26.4. The molecule has 7 nitrogen and oxygen atoms in total. The number of hydrogen-bond donors (Lipinski definition) is 0. The molecule has 2 saturated heterocycles. The summed E-state index contributed by atoms with van der Waals surface area (Å²) in [6, 6.07) is 0.768. The molecule has 0 N–H and O–H groups in total. The van der Waals surface area contributed by atoms with Crippen LogP contribution < -0.4 is 0 Å². The number of amides is 2. The largest absolute Gasteiger partial charge is 0.342 e. The van der Waals surface area contributed by atoms with Crippen LogP contribution in [-0.2, 0) is 9.59 Å². The summed E-state index contributed by atoms with van der Waals surface area (Å²) in [6.07, 6.45) is 11.3. The second-order valence-electron chi connectivity index (χ2n) is 7.69. The average molecular weight is 345 g/mol. The first-order valence-electron chi connectivity index (χ1n) is 9.65. The number of hydrogen-bond acceptors (Lipinski definition) is 4. The van der Waals surface area contributed by atoms with E-state index in [0.29, 0.717) is 31.5 Å². The van der Waals surface area contributed by atoms with Crippen LogP contribution in [0.1, 0.15) is 57.4 Å². The Hall–Kier alpha value is -1.92. The molecule has 136 valence electrons. The lowest BCUT2D eigenvalue weighted by Gasteiger charge is -2.39. The maximum absolute atomic E-state index is 13.0. The third-order valence-electron chi connectivity index (χ3n) is 6.19. The zero-order valence-electron chi connectivity index (χ0n) is 14.7. The SMILES string of the molecule is O=C([C@H]1CCC(=O)N(C2CCCC2)C1)N1CCC(n2cnnc2)CC1. The van der Waals surface area contributed by atoms with Crippen LogP contribution in [0.2, 0.25) is 0 Å². The highest BCUT2D eigenvalue weighted by Gasteiger charge is 2.37. The predicted octanol–water partition coefficient (Wildman–Crippen LogP) is 1.62. The van der Waals surface area contributed by atoms with Gasteiger partial charge in [-0.3, -0.25) is 9.59 Å². The van der Waals surface area contributed by atoms with E-state index in [0.717, 1.165) is 38.8 Å². The van der Waals surface area contributed by atoms with Crippen molar-refractivity contribution < 1.29 is 9.59 Å². The van der Waals surface area contributed by atoms with Crippen LogP contribution in [0.25, 0.3) is 0 Å². The van der Waals surface area contributed by atoms with Gasteiger partial charge in [0, 0.05) is 38.1 Å². The molecule has 1 aliphatic carbocycles. The van der Waals surface area contributed by atoms with Crippen molar-refractivity contribution in [3.8, 4) is 0 Å². The van der Waals surface area contributed by atoms with Gasteiger partial charge in [0.2, 0.25) is 11.8 Å². The zero-order chi connectivity index (χ0) is 17.2. The van der Waals surface area contributed by atoms with E-state index in [2.05, 4.69) is 10.2 Å². The fraction of sp³-hybridized carbons (Fsp3) is 0.778. The molecule has 1 aromatic rings. The topological polar surface area (TPSA) is 71.3 Å². The maximum atomic E-state index is 13.0. The molecule has 2 amide bonds. The second kappa shape index (κ2) is 7.14. The fourth-order valence-corrected chi connectivity index (χ4v) is 4.68. The van der Waals surface area contributed by atoms with E-state index < -0.39 is 0 Å². The van der Waals surface area contributed by atoms with Crippen LogP contribution in [0.5, 0.6) is 0 Å². The van der Waals surface area contributed by atoms with Crippen molar-refractivity contribution in [2.75, 3.05) is 19.6 Å². The maximum Gasteiger partial charge on any atom is 0.227 e. The summed E-state index contributed by atoms with van der Waals surface area (Å²) >= 11 is 0. The molecule has 0 radical (unpaired) electrons. The van der Waals surface area contributed by atoms with Crippen LogP contribution >= 0.6 is 0 Å². The monoisotopic (exact) mass is 345 g/mol. The van der Waals surface area contributed by atoms with E-state index in [1.807, 2.05) is 14.4 Å². The van der Waals surface area contributed by atoms with Crippen molar-refractivity contribution in [2.45, 2.75) is 63.5 Å². The van der Waals surface area contributed by atoms with Crippen molar-refractivity contribution in [3.05, 3.63) is 12.7 Å². The third-order valence-corrected chi connectivity index (χ3v) is 6.19. The van der Waals surface area contributed by atoms with Gasteiger partial charge in [0.05, 0.1) is 5.92 Å². The first-order chi connectivity index (χ1) is 12.2. The Balaban J connectivity index is 1.34. The van der Waals surface area contributed by atoms with Gasteiger partial charge in [0.15, 0.2) is 0 Å². The minimum atomic E-state index is -0.00948. The van der Waals surface area contributed by atoms with Gasteiger partial charge in [-0.05, 0) is 32.1 Å². The third kappa shape index (κ3) is 3.41. The van der Waals surface area contributed by atoms with Crippen molar-refractivity contribution >= 4 is 11.8 Å². The molecule has 7 heteroatoms. The Morgan fingerprint density at radius 1 is 0.960 bits per heavy atom. The van der Waals surface area contributed by atoms with Gasteiger partial charge in [-0.1, -0.05) is 12.8 Å². The number of carbonyl (C=O) groups is 2. The lowest BCUT2D eigenvalue weighted by atomic mass is 9.93. The number of aromatic nitrogens is 3. The van der Waals surface area contributed by atoms with Crippen molar-refractivity contribution in [1.29, 1.82) is 0 Å². The van der Waals surface area contributed by atoms with E-state index in [-0.39, 0.29) is 17.7 Å². The quantitative estimate of drug-likeness (QED) is 0.835. The van der Waals surface area contributed by atoms with Crippen LogP contribution in [0.3, 0.4) is 0 Å². The summed E-state index contributed by atoms with van der Waals surface area (Å²) in [7, 11) is 0. The van der Waals surface area contributed by atoms with E-state index in [1.54, 1.807) is 12.7 Å². The van der Waals surface area contributed by atoms with Gasteiger partial charge >= 0.3 is 0 Å². The predicted molar refractivity (Wildman–Crippen MR) is 91.6 cm³/mol. The van der Waals surface area contributed by atoms with E-state index >= 15 is 0 Å². The molecule has 2 aliphatic heterocycles. The Morgan fingerprint density at radius 2 is 1.64 bits per heavy atom. The van der Waals surface area contributed by atoms with E-state index in [4.69, 9.17) is 0 Å². The van der Waals surface area contributed by atoms with Gasteiger partial charge in [-0.25, -0.2) is 0 Å². The van der Waals surface area contributed by atoms with Crippen molar-refractivity contribution in [3.63, 3.8) is 0 Å². The zero-order valence-corrected chi connectivity index (χ0v) is 14.7. The molecular formula is C18H27N5O2. The van der Waals surface area contributed by atoms with Gasteiger partial charge in [-0.2, -0.15) is 0 Å². The fourth-order valence-electron chi connectivity index (χ4n) is 4.68. The summed E-state index contributed by atoms with van der Waals surface area (Å²) in [5.74, 6) is 0.490. The summed E-state index contributed by atoms with van der Waals surface area (Å²) < 4.78 is 2.04. The number of piperidine rings is 2. The summed E-state index contributed by atoms with van der Waals surface area (Å²) in [5.41, 5.74) is 0. The highest BCUT2D eigenvalue weighted by Crippen LogP contribution is 2.30. The molecule has 0 aromatic carbocycles. The average Bonchev–Trinajstić information content (AvgIpc) is 3.35. The Morgan fingerprint density at radius 3 is 2.32 bits per heavy atom. The Labute approximate surface area is 148 Å². The van der Waals surface area contributed by atoms with Crippen LogP contribution in [0.15, 0.2) is 12.7 Å². The molecule has 1 atom stereocenters. The first kappa shape index (κ1) is 16.5. The van der Waals surface area contributed by atoms with Crippen molar-refractivity contribution in [2.24, 2.45) is 5.92 Å². The molecule has 25 heavy (non-hydrogen) atoms. The van der Waals surface area contributed by atoms with Gasteiger partial charge < -0.3 is 14.4 Å². The molecule has 1 saturated carbocycles. The lowest BCUT2D eigenvalue weighted by Crippen LogP contribution is -2.51. The Bertz CT molecular complexity index is 603. The van der Waals surface area contributed by atoms with Gasteiger partial charge in [0.25, 0.3) is 0 Å². The van der Waals surface area contributed by atoms with Crippen LogP contribution in [0, 0.1) is 5.92 Å². The van der Waals surface area contributed by atoms with E-state index in [1.165, 1.54) is 12.8 Å². The second-order valence-corrected chi connectivity index (χ2v) is 7.69. The smallest absolute Gasteiger partial charge is 0.227 e. The molecule has 0 bridgehead atoms. The lowest BCUT2D eigenvalue weighted by molar-refractivity contribution is -0.145. The highest BCUT2D eigenvalue weighted by molar-refractivity contribution is 5.84. The molecular weight excluding hydrogens is 318 g/mol. The first-order valence-corrected chi connectivity index (χ1v) is 9.65. The summed E-state index contributed by atoms with van der Waals surface area (Å²) in [4.78, 5) is 29.3. The summed E-state index contributed by atoms with van der Waals surface area (Å²) in [5, 5.41) is 7.75. The van der Waals surface area contributed by atoms with Gasteiger partial charge in [-0.15, -0.1) is 10.2 Å². The molecule has 3 heterocycles. The molecule has 3 fully saturated rings. The van der Waals surface area contributed by atoms with Crippen molar-refractivity contribution in [1.82, 2.24) is 24.6 Å². The molecule has 0 spiro atoms. The molecule has 1 aromatic heterocycles. The van der Waals surface area contributed by atoms with Crippen LogP contribution in [-0.4, -0.2) is 62.1 Å². The van der Waals surface area contributed by atoms with Gasteiger partial charge in [0.1, 0.15) is 12.7 Å². The minimum Gasteiger partial charge on any atom is -0.342 e. The number of rotatable bonds is 3. The number of carbonyl (C=O) groups excluding carboxylic acids is 2. The molecule has 3 aliphatic rings. The summed E-state index contributed by atoms with van der Waals surface area (Å²) in [6.45, 7) is 2.21.